The van der Waals surface area contributed by atoms with Gasteiger partial charge in [-0.25, -0.2) is 5.48 Å². The van der Waals surface area contributed by atoms with E-state index in [1.165, 1.54) is 0 Å². The second-order valence-corrected chi connectivity index (χ2v) is 4.65. The molecule has 0 fully saturated rings. The third-order valence-corrected chi connectivity index (χ3v) is 2.91. The average molecular weight is 326 g/mol. The Morgan fingerprint density at radius 1 is 1.13 bits per heavy atom. The van der Waals surface area contributed by atoms with Crippen molar-refractivity contribution in [1.82, 2.24) is 10.0 Å². The number of carbonyl (C=O) groups is 1. The molecule has 0 saturated carbocycles. The molecule has 122 valence electrons. The SMILES string of the molecule is O=C(Cn1cccc(C(F)(F)F)c1=O)NOCc1ccccc1. The zero-order chi connectivity index (χ0) is 16.9. The number of amides is 1. The lowest BCUT2D eigenvalue weighted by molar-refractivity contribution is -0.140. The van der Waals surface area contributed by atoms with Crippen LogP contribution in [0.15, 0.2) is 53.5 Å². The first-order valence-electron chi connectivity index (χ1n) is 6.59. The monoisotopic (exact) mass is 326 g/mol. The molecule has 23 heavy (non-hydrogen) atoms. The van der Waals surface area contributed by atoms with E-state index in [9.17, 15) is 22.8 Å². The molecule has 0 aliphatic carbocycles. The normalized spacial score (nSPS) is 11.3. The van der Waals surface area contributed by atoms with Gasteiger partial charge in [0.25, 0.3) is 11.5 Å². The molecule has 1 aromatic heterocycles. The highest BCUT2D eigenvalue weighted by molar-refractivity contribution is 5.74. The molecule has 2 aromatic rings. The fourth-order valence-corrected chi connectivity index (χ4v) is 1.84. The van der Waals surface area contributed by atoms with Crippen molar-refractivity contribution in [2.75, 3.05) is 0 Å². The van der Waals surface area contributed by atoms with Crippen LogP contribution in [0.3, 0.4) is 0 Å². The Labute approximate surface area is 129 Å². The van der Waals surface area contributed by atoms with Crippen LogP contribution in [-0.2, 0) is 29.0 Å². The molecule has 1 amide bonds. The summed E-state index contributed by atoms with van der Waals surface area (Å²) in [4.78, 5) is 28.3. The lowest BCUT2D eigenvalue weighted by atomic mass is 10.2. The van der Waals surface area contributed by atoms with Crippen molar-refractivity contribution in [2.24, 2.45) is 0 Å². The minimum atomic E-state index is -4.76. The second kappa shape index (κ2) is 7.10. The Balaban J connectivity index is 1.94. The minimum Gasteiger partial charge on any atom is -0.306 e. The minimum absolute atomic E-state index is 0.101. The highest BCUT2D eigenvalue weighted by Crippen LogP contribution is 2.25. The molecule has 5 nitrogen and oxygen atoms in total. The van der Waals surface area contributed by atoms with Crippen molar-refractivity contribution in [1.29, 1.82) is 0 Å². The highest BCUT2D eigenvalue weighted by atomic mass is 19.4. The van der Waals surface area contributed by atoms with Crippen molar-refractivity contribution in [2.45, 2.75) is 19.3 Å². The quantitative estimate of drug-likeness (QED) is 0.856. The number of hydrogen-bond acceptors (Lipinski definition) is 3. The molecule has 8 heteroatoms. The molecule has 0 radical (unpaired) electrons. The number of carbonyl (C=O) groups excluding carboxylic acids is 1. The van der Waals surface area contributed by atoms with Crippen LogP contribution >= 0.6 is 0 Å². The molecule has 2 rings (SSSR count). The zero-order valence-electron chi connectivity index (χ0n) is 11.8. The third-order valence-electron chi connectivity index (χ3n) is 2.91. The van der Waals surface area contributed by atoms with Gasteiger partial charge in [-0.3, -0.25) is 14.4 Å². The fourth-order valence-electron chi connectivity index (χ4n) is 1.84. The van der Waals surface area contributed by atoms with Gasteiger partial charge in [-0.1, -0.05) is 30.3 Å². The summed E-state index contributed by atoms with van der Waals surface area (Å²) in [6.45, 7) is -0.471. The summed E-state index contributed by atoms with van der Waals surface area (Å²) in [7, 11) is 0. The van der Waals surface area contributed by atoms with Crippen LogP contribution in [-0.4, -0.2) is 10.5 Å². The van der Waals surface area contributed by atoms with E-state index < -0.39 is 29.8 Å². The van der Waals surface area contributed by atoms with Crippen molar-refractivity contribution >= 4 is 5.91 Å². The number of hydrogen-bond donors (Lipinski definition) is 1. The van der Waals surface area contributed by atoms with Gasteiger partial charge >= 0.3 is 6.18 Å². The number of alkyl halides is 3. The first kappa shape index (κ1) is 16.8. The summed E-state index contributed by atoms with van der Waals surface area (Å²) in [5.41, 5.74) is 0.294. The Morgan fingerprint density at radius 2 is 1.83 bits per heavy atom. The van der Waals surface area contributed by atoms with E-state index in [0.717, 1.165) is 17.8 Å². The van der Waals surface area contributed by atoms with Gasteiger partial charge < -0.3 is 4.57 Å². The average Bonchev–Trinajstić information content (AvgIpc) is 2.49. The van der Waals surface area contributed by atoms with Crippen molar-refractivity contribution < 1.29 is 22.8 Å². The number of benzene rings is 1. The standard InChI is InChI=1S/C15H13F3N2O3/c16-15(17,18)12-7-4-8-20(14(12)22)9-13(21)19-23-10-11-5-2-1-3-6-11/h1-8H,9-10H2,(H,19,21). The second-order valence-electron chi connectivity index (χ2n) is 4.65. The molecule has 0 spiro atoms. The van der Waals surface area contributed by atoms with Gasteiger partial charge in [-0.15, -0.1) is 0 Å². The van der Waals surface area contributed by atoms with Crippen LogP contribution in [0.25, 0.3) is 0 Å². The molecule has 0 atom stereocenters. The summed E-state index contributed by atoms with van der Waals surface area (Å²) in [5.74, 6) is -0.734. The Kier molecular flexibility index (Phi) is 5.17. The van der Waals surface area contributed by atoms with Crippen LogP contribution in [0.2, 0.25) is 0 Å². The first-order chi connectivity index (χ1) is 10.9. The van der Waals surface area contributed by atoms with E-state index in [4.69, 9.17) is 4.84 Å². The molecule has 1 heterocycles. The van der Waals surface area contributed by atoms with Crippen molar-refractivity contribution in [3.63, 3.8) is 0 Å². The maximum atomic E-state index is 12.6. The van der Waals surface area contributed by atoms with Gasteiger partial charge in [0.2, 0.25) is 0 Å². The van der Waals surface area contributed by atoms with Gasteiger partial charge in [-0.05, 0) is 17.7 Å². The van der Waals surface area contributed by atoms with E-state index in [0.29, 0.717) is 10.6 Å². The number of halogens is 3. The van der Waals surface area contributed by atoms with Crippen molar-refractivity contribution in [3.05, 3.63) is 70.1 Å². The molecule has 0 bridgehead atoms. The van der Waals surface area contributed by atoms with E-state index in [1.54, 1.807) is 24.3 Å². The largest absolute Gasteiger partial charge is 0.421 e. The predicted octanol–water partition coefficient (Wildman–Crippen LogP) is 2.12. The van der Waals surface area contributed by atoms with Crippen LogP contribution in [0.1, 0.15) is 11.1 Å². The predicted molar refractivity (Wildman–Crippen MR) is 75.1 cm³/mol. The Morgan fingerprint density at radius 3 is 2.48 bits per heavy atom. The summed E-state index contributed by atoms with van der Waals surface area (Å²) in [5, 5.41) is 0. The number of rotatable bonds is 5. The molecular formula is C15H13F3N2O3. The summed E-state index contributed by atoms with van der Waals surface area (Å²) >= 11 is 0. The van der Waals surface area contributed by atoms with E-state index in [1.807, 2.05) is 6.07 Å². The Hall–Kier alpha value is -2.61. The lowest BCUT2D eigenvalue weighted by Crippen LogP contribution is -2.34. The van der Waals surface area contributed by atoms with Crippen LogP contribution in [0, 0.1) is 0 Å². The fraction of sp³-hybridized carbons (Fsp3) is 0.200. The first-order valence-corrected chi connectivity index (χ1v) is 6.59. The van der Waals surface area contributed by atoms with Gasteiger partial charge in [0.1, 0.15) is 12.1 Å². The number of pyridine rings is 1. The molecule has 0 unspecified atom stereocenters. The molecular weight excluding hydrogens is 313 g/mol. The highest BCUT2D eigenvalue weighted by Gasteiger charge is 2.34. The number of nitrogens with one attached hydrogen (secondary N) is 1. The molecule has 1 N–H and O–H groups in total. The lowest BCUT2D eigenvalue weighted by Gasteiger charge is -2.10. The van der Waals surface area contributed by atoms with Crippen LogP contribution in [0.5, 0.6) is 0 Å². The van der Waals surface area contributed by atoms with Gasteiger partial charge in [0, 0.05) is 6.20 Å². The number of hydroxylamine groups is 1. The van der Waals surface area contributed by atoms with Crippen molar-refractivity contribution in [3.8, 4) is 0 Å². The maximum Gasteiger partial charge on any atom is 0.421 e. The van der Waals surface area contributed by atoms with E-state index >= 15 is 0 Å². The van der Waals surface area contributed by atoms with Gasteiger partial charge in [0.15, 0.2) is 0 Å². The van der Waals surface area contributed by atoms with E-state index in [2.05, 4.69) is 5.48 Å². The Bertz CT molecular complexity index is 727. The van der Waals surface area contributed by atoms with Gasteiger partial charge in [-0.2, -0.15) is 13.2 Å². The summed E-state index contributed by atoms with van der Waals surface area (Å²) in [6.07, 6.45) is -3.66. The zero-order valence-corrected chi connectivity index (χ0v) is 11.8. The third kappa shape index (κ3) is 4.68. The molecule has 0 aliphatic rings. The summed E-state index contributed by atoms with van der Waals surface area (Å²) < 4.78 is 38.5. The smallest absolute Gasteiger partial charge is 0.306 e. The molecule has 1 aromatic carbocycles. The van der Waals surface area contributed by atoms with Gasteiger partial charge in [0.05, 0.1) is 6.61 Å². The molecule has 0 saturated heterocycles. The van der Waals surface area contributed by atoms with Crippen LogP contribution in [0.4, 0.5) is 13.2 Å². The topological polar surface area (TPSA) is 60.3 Å². The van der Waals surface area contributed by atoms with Crippen LogP contribution < -0.4 is 11.0 Å². The molecule has 0 aliphatic heterocycles. The maximum absolute atomic E-state index is 12.6. The number of aromatic nitrogens is 1. The number of nitrogens with zero attached hydrogens (tertiary/aromatic N) is 1. The van der Waals surface area contributed by atoms with E-state index in [-0.39, 0.29) is 6.61 Å². The summed E-state index contributed by atoms with van der Waals surface area (Å²) in [6, 6.07) is 10.7.